The second-order valence-electron chi connectivity index (χ2n) is 11.1. The number of carbonyl (C=O) groups is 2. The molecule has 1 heterocycles. The van der Waals surface area contributed by atoms with Crippen molar-refractivity contribution in [3.8, 4) is 0 Å². The molecule has 2 saturated carbocycles. The van der Waals surface area contributed by atoms with E-state index in [1.165, 1.54) is 18.9 Å². The molecule has 2 N–H and O–H groups in total. The number of amides is 3. The minimum Gasteiger partial charge on any atom is -0.369 e. The standard InChI is InChI=1S/C25H37FN4O2/c1-23(2,21(27)31)16-29-17-24(30(22(29)32)15-18-8-9-18)10-12-25(13-11-24,28(3)4)19-6-5-7-20(26)14-19/h5-7,14,18H,8-13,15-17H2,1-4H3,(H2,27,31). The van der Waals surface area contributed by atoms with E-state index >= 15 is 0 Å². The minimum absolute atomic E-state index is 0.0364. The van der Waals surface area contributed by atoms with E-state index < -0.39 is 5.41 Å². The van der Waals surface area contributed by atoms with E-state index in [0.29, 0.717) is 19.0 Å². The van der Waals surface area contributed by atoms with E-state index in [9.17, 15) is 14.0 Å². The molecule has 0 aromatic heterocycles. The molecular formula is C25H37FN4O2. The van der Waals surface area contributed by atoms with Gasteiger partial charge in [-0.25, -0.2) is 9.18 Å². The fourth-order valence-electron chi connectivity index (χ4n) is 5.72. The molecule has 32 heavy (non-hydrogen) atoms. The van der Waals surface area contributed by atoms with Gasteiger partial charge in [-0.3, -0.25) is 9.69 Å². The van der Waals surface area contributed by atoms with Gasteiger partial charge >= 0.3 is 6.03 Å². The van der Waals surface area contributed by atoms with Gasteiger partial charge in [0.05, 0.1) is 11.0 Å². The molecule has 0 atom stereocenters. The van der Waals surface area contributed by atoms with E-state index in [1.54, 1.807) is 26.0 Å². The lowest BCUT2D eigenvalue weighted by atomic mass is 9.68. The maximum absolute atomic E-state index is 14.1. The SMILES string of the molecule is CN(C)C1(c2cccc(F)c2)CCC2(CC1)CN(CC(C)(C)C(N)=O)C(=O)N2CC1CC1. The molecule has 176 valence electrons. The zero-order valence-electron chi connectivity index (χ0n) is 19.9. The Morgan fingerprint density at radius 2 is 1.88 bits per heavy atom. The van der Waals surface area contributed by atoms with Crippen molar-refractivity contribution in [2.45, 2.75) is 63.5 Å². The van der Waals surface area contributed by atoms with Crippen LogP contribution in [0, 0.1) is 17.2 Å². The normalized spacial score (nSPS) is 28.8. The summed E-state index contributed by atoms with van der Waals surface area (Å²) in [6.45, 7) is 5.37. The van der Waals surface area contributed by atoms with Gasteiger partial charge in [0.1, 0.15) is 5.82 Å². The molecule has 1 aromatic carbocycles. The lowest BCUT2D eigenvalue weighted by Gasteiger charge is -2.51. The average Bonchev–Trinajstić information content (AvgIpc) is 3.51. The summed E-state index contributed by atoms with van der Waals surface area (Å²) in [5.41, 5.74) is 5.36. The number of hydrogen-bond acceptors (Lipinski definition) is 3. The number of halogens is 1. The Morgan fingerprint density at radius 3 is 2.41 bits per heavy atom. The maximum atomic E-state index is 14.1. The van der Waals surface area contributed by atoms with Gasteiger partial charge in [-0.15, -0.1) is 0 Å². The first kappa shape index (κ1) is 23.0. The van der Waals surface area contributed by atoms with Crippen LogP contribution in [0.25, 0.3) is 0 Å². The molecule has 6 nitrogen and oxygen atoms in total. The van der Waals surface area contributed by atoms with Crippen LogP contribution >= 0.6 is 0 Å². The van der Waals surface area contributed by atoms with Crippen LogP contribution < -0.4 is 5.73 Å². The molecule has 3 fully saturated rings. The van der Waals surface area contributed by atoms with Crippen LogP contribution in [0.15, 0.2) is 24.3 Å². The fraction of sp³-hybridized carbons (Fsp3) is 0.680. The van der Waals surface area contributed by atoms with Gasteiger partial charge in [0.2, 0.25) is 5.91 Å². The Balaban J connectivity index is 1.60. The molecule has 1 aliphatic heterocycles. The van der Waals surface area contributed by atoms with Crippen molar-refractivity contribution >= 4 is 11.9 Å². The molecule has 3 amide bonds. The largest absolute Gasteiger partial charge is 0.369 e. The van der Waals surface area contributed by atoms with Gasteiger partial charge < -0.3 is 15.5 Å². The van der Waals surface area contributed by atoms with Crippen molar-refractivity contribution in [3.05, 3.63) is 35.6 Å². The number of carbonyl (C=O) groups excluding carboxylic acids is 2. The van der Waals surface area contributed by atoms with Crippen LogP contribution in [0.1, 0.15) is 57.9 Å². The summed E-state index contributed by atoms with van der Waals surface area (Å²) >= 11 is 0. The molecule has 2 aliphatic carbocycles. The van der Waals surface area contributed by atoms with Crippen molar-refractivity contribution in [1.82, 2.24) is 14.7 Å². The van der Waals surface area contributed by atoms with Crippen molar-refractivity contribution in [2.24, 2.45) is 17.1 Å². The van der Waals surface area contributed by atoms with Crippen LogP contribution in [-0.4, -0.2) is 65.9 Å². The smallest absolute Gasteiger partial charge is 0.320 e. The first-order valence-electron chi connectivity index (χ1n) is 11.8. The highest BCUT2D eigenvalue weighted by Crippen LogP contribution is 2.50. The Morgan fingerprint density at radius 1 is 1.22 bits per heavy atom. The number of primary amides is 1. The molecule has 1 spiro atoms. The van der Waals surface area contributed by atoms with Crippen LogP contribution in [-0.2, 0) is 10.3 Å². The third-order valence-electron chi connectivity index (χ3n) is 8.18. The predicted octanol–water partition coefficient (Wildman–Crippen LogP) is 3.55. The lowest BCUT2D eigenvalue weighted by Crippen LogP contribution is -2.55. The summed E-state index contributed by atoms with van der Waals surface area (Å²) in [6.07, 6.45) is 5.77. The lowest BCUT2D eigenvalue weighted by molar-refractivity contribution is -0.126. The second kappa shape index (κ2) is 8.01. The third kappa shape index (κ3) is 4.00. The molecule has 0 radical (unpaired) electrons. The molecule has 4 rings (SSSR count). The highest BCUT2D eigenvalue weighted by atomic mass is 19.1. The highest BCUT2D eigenvalue weighted by Gasteiger charge is 2.55. The van der Waals surface area contributed by atoms with Gasteiger partial charge in [-0.1, -0.05) is 12.1 Å². The molecule has 3 aliphatic rings. The second-order valence-corrected chi connectivity index (χ2v) is 11.1. The van der Waals surface area contributed by atoms with Gasteiger partial charge in [0, 0.05) is 25.2 Å². The van der Waals surface area contributed by atoms with Crippen LogP contribution in [0.3, 0.4) is 0 Å². The van der Waals surface area contributed by atoms with Gasteiger partial charge in [-0.2, -0.15) is 0 Å². The number of benzene rings is 1. The summed E-state index contributed by atoms with van der Waals surface area (Å²) in [6, 6.07) is 6.98. The average molecular weight is 445 g/mol. The summed E-state index contributed by atoms with van der Waals surface area (Å²) in [4.78, 5) is 31.6. The molecule has 0 unspecified atom stereocenters. The first-order valence-corrected chi connectivity index (χ1v) is 11.8. The van der Waals surface area contributed by atoms with E-state index in [4.69, 9.17) is 5.73 Å². The number of nitrogens with two attached hydrogens (primary N) is 1. The Labute approximate surface area is 190 Å². The monoisotopic (exact) mass is 444 g/mol. The molecule has 7 heteroatoms. The first-order chi connectivity index (χ1) is 15.0. The van der Waals surface area contributed by atoms with Crippen LogP contribution in [0.5, 0.6) is 0 Å². The van der Waals surface area contributed by atoms with E-state index in [0.717, 1.165) is 37.8 Å². The van der Waals surface area contributed by atoms with Crippen LogP contribution in [0.4, 0.5) is 9.18 Å². The molecule has 0 bridgehead atoms. The zero-order valence-corrected chi connectivity index (χ0v) is 19.9. The summed E-state index contributed by atoms with van der Waals surface area (Å²) < 4.78 is 14.1. The third-order valence-corrected chi connectivity index (χ3v) is 8.18. The Hall–Kier alpha value is -2.15. The van der Waals surface area contributed by atoms with Gasteiger partial charge in [0.25, 0.3) is 0 Å². The number of rotatable bonds is 7. The summed E-state index contributed by atoms with van der Waals surface area (Å²) in [7, 11) is 4.12. The number of nitrogens with zero attached hydrogens (tertiary/aromatic N) is 3. The summed E-state index contributed by atoms with van der Waals surface area (Å²) in [5, 5.41) is 0. The van der Waals surface area contributed by atoms with Crippen LogP contribution in [0.2, 0.25) is 0 Å². The minimum atomic E-state index is -0.768. The number of hydrogen-bond donors (Lipinski definition) is 1. The fourth-order valence-corrected chi connectivity index (χ4v) is 5.72. The molecular weight excluding hydrogens is 407 g/mol. The zero-order chi connectivity index (χ0) is 23.3. The van der Waals surface area contributed by atoms with Gasteiger partial charge in [-0.05, 0) is 90.1 Å². The Kier molecular flexibility index (Phi) is 5.76. The van der Waals surface area contributed by atoms with Crippen molar-refractivity contribution in [3.63, 3.8) is 0 Å². The van der Waals surface area contributed by atoms with E-state index in [-0.39, 0.29) is 28.8 Å². The summed E-state index contributed by atoms with van der Waals surface area (Å²) in [5.74, 6) is -0.0136. The molecule has 1 aromatic rings. The van der Waals surface area contributed by atoms with E-state index in [2.05, 4.69) is 23.9 Å². The quantitative estimate of drug-likeness (QED) is 0.699. The predicted molar refractivity (Wildman–Crippen MR) is 122 cm³/mol. The highest BCUT2D eigenvalue weighted by molar-refractivity contribution is 5.83. The topological polar surface area (TPSA) is 69.9 Å². The van der Waals surface area contributed by atoms with Crippen molar-refractivity contribution < 1.29 is 14.0 Å². The maximum Gasteiger partial charge on any atom is 0.320 e. The molecule has 1 saturated heterocycles. The van der Waals surface area contributed by atoms with Crippen molar-refractivity contribution in [2.75, 3.05) is 33.7 Å². The van der Waals surface area contributed by atoms with Gasteiger partial charge in [0.15, 0.2) is 0 Å². The number of urea groups is 1. The Bertz CT molecular complexity index is 888. The van der Waals surface area contributed by atoms with Crippen molar-refractivity contribution in [1.29, 1.82) is 0 Å². The van der Waals surface area contributed by atoms with E-state index in [1.807, 2.05) is 11.0 Å².